The van der Waals surface area contributed by atoms with Gasteiger partial charge in [0.1, 0.15) is 5.82 Å². The van der Waals surface area contributed by atoms with Crippen LogP contribution < -0.4 is 5.32 Å². The van der Waals surface area contributed by atoms with E-state index in [1.165, 1.54) is 19.2 Å². The Labute approximate surface area is 165 Å². The Morgan fingerprint density at radius 2 is 1.93 bits per heavy atom. The number of nitrogens with one attached hydrogen (secondary N) is 1. The molecule has 1 saturated heterocycles. The highest BCUT2D eigenvalue weighted by molar-refractivity contribution is 8.18. The van der Waals surface area contributed by atoms with Crippen molar-refractivity contribution >= 4 is 40.6 Å². The van der Waals surface area contributed by atoms with Gasteiger partial charge in [0.25, 0.3) is 11.1 Å². The van der Waals surface area contributed by atoms with E-state index in [-0.39, 0.29) is 11.6 Å². The molecule has 2 aromatic carbocycles. The lowest BCUT2D eigenvalue weighted by molar-refractivity contribution is -0.122. The van der Waals surface area contributed by atoms with Gasteiger partial charge in [-0.3, -0.25) is 14.5 Å². The van der Waals surface area contributed by atoms with E-state index < -0.39 is 22.9 Å². The Morgan fingerprint density at radius 1 is 1.21 bits per heavy atom. The van der Waals surface area contributed by atoms with Gasteiger partial charge < -0.3 is 10.1 Å². The van der Waals surface area contributed by atoms with Gasteiger partial charge in [-0.1, -0.05) is 18.2 Å². The third kappa shape index (κ3) is 4.23. The van der Waals surface area contributed by atoms with Gasteiger partial charge in [-0.2, -0.15) is 0 Å². The molecule has 1 heterocycles. The summed E-state index contributed by atoms with van der Waals surface area (Å²) in [6.45, 7) is 1.74. The number of carbonyl (C=O) groups excluding carboxylic acids is 3. The van der Waals surface area contributed by atoms with Gasteiger partial charge in [-0.15, -0.1) is 0 Å². The number of hydrogen-bond donors (Lipinski definition) is 1. The molecule has 1 aliphatic rings. The van der Waals surface area contributed by atoms with Gasteiger partial charge in [-0.05, 0) is 60.2 Å². The number of nitrogens with zero attached hydrogens (tertiary/aromatic N) is 1. The summed E-state index contributed by atoms with van der Waals surface area (Å²) in [5, 5.41) is 2.51. The van der Waals surface area contributed by atoms with E-state index in [0.29, 0.717) is 16.8 Å². The zero-order valence-electron chi connectivity index (χ0n) is 15.2. The Bertz CT molecular complexity index is 973. The highest BCUT2D eigenvalue weighted by Gasteiger charge is 2.34. The minimum absolute atomic E-state index is 0.0619. The maximum Gasteiger partial charge on any atom is 0.337 e. The van der Waals surface area contributed by atoms with Crippen LogP contribution in [0.25, 0.3) is 6.08 Å². The predicted octanol–water partition coefficient (Wildman–Crippen LogP) is 4.03. The standard InChI is InChI=1S/C20H17FN2O4S/c1-12-3-8-15(21)10-16(12)22-11-23-18(24)17(28-20(23)26)9-13-4-6-14(7-5-13)19(25)27-2/h3-10,22H,11H2,1-2H3/b17-9-. The smallest absolute Gasteiger partial charge is 0.337 e. The lowest BCUT2D eigenvalue weighted by atomic mass is 10.1. The molecular weight excluding hydrogens is 383 g/mol. The minimum atomic E-state index is -0.453. The Hall–Kier alpha value is -3.13. The van der Waals surface area contributed by atoms with Gasteiger partial charge in [0.15, 0.2) is 0 Å². The maximum absolute atomic E-state index is 13.4. The molecule has 0 aromatic heterocycles. The number of imide groups is 1. The molecule has 1 N–H and O–H groups in total. The highest BCUT2D eigenvalue weighted by Crippen LogP contribution is 2.32. The maximum atomic E-state index is 13.4. The van der Waals surface area contributed by atoms with E-state index in [4.69, 9.17) is 0 Å². The van der Waals surface area contributed by atoms with Crippen LogP contribution in [0.2, 0.25) is 0 Å². The molecule has 0 saturated carbocycles. The molecule has 8 heteroatoms. The van der Waals surface area contributed by atoms with E-state index >= 15 is 0 Å². The Morgan fingerprint density at radius 3 is 2.61 bits per heavy atom. The van der Waals surface area contributed by atoms with Gasteiger partial charge in [0, 0.05) is 5.69 Å². The van der Waals surface area contributed by atoms with Crippen molar-refractivity contribution in [3.63, 3.8) is 0 Å². The second-order valence-electron chi connectivity index (χ2n) is 6.02. The summed E-state index contributed by atoms with van der Waals surface area (Å²) in [5.41, 5.74) is 2.38. The number of aryl methyl sites for hydroxylation is 1. The Kier molecular flexibility index (Phi) is 5.79. The first-order chi connectivity index (χ1) is 13.4. The normalized spacial score (nSPS) is 15.2. The van der Waals surface area contributed by atoms with Gasteiger partial charge in [-0.25, -0.2) is 9.18 Å². The van der Waals surface area contributed by atoms with Crippen LogP contribution in [0.4, 0.5) is 14.9 Å². The first-order valence-corrected chi connectivity index (χ1v) is 9.14. The second-order valence-corrected chi connectivity index (χ2v) is 7.01. The van der Waals surface area contributed by atoms with Crippen molar-refractivity contribution in [1.29, 1.82) is 0 Å². The number of halogens is 1. The summed E-state index contributed by atoms with van der Waals surface area (Å²) in [6, 6.07) is 10.8. The Balaban J connectivity index is 1.71. The van der Waals surface area contributed by atoms with Crippen LogP contribution in [-0.4, -0.2) is 35.8 Å². The summed E-state index contributed by atoms with van der Waals surface area (Å²) in [4.78, 5) is 37.5. The van der Waals surface area contributed by atoms with Crippen LogP contribution in [-0.2, 0) is 9.53 Å². The van der Waals surface area contributed by atoms with Gasteiger partial charge in [0.2, 0.25) is 0 Å². The van der Waals surface area contributed by atoms with Crippen molar-refractivity contribution in [3.05, 3.63) is 69.9 Å². The SMILES string of the molecule is COC(=O)c1ccc(/C=C2\SC(=O)N(CNc3cc(F)ccc3C)C2=O)cc1. The molecule has 3 rings (SSSR count). The second kappa shape index (κ2) is 8.26. The molecule has 1 fully saturated rings. The van der Waals surface area contributed by atoms with Crippen LogP contribution in [0.1, 0.15) is 21.5 Å². The van der Waals surface area contributed by atoms with Crippen molar-refractivity contribution < 1.29 is 23.5 Å². The van der Waals surface area contributed by atoms with Crippen molar-refractivity contribution in [1.82, 2.24) is 4.90 Å². The number of methoxy groups -OCH3 is 1. The number of hydrogen-bond acceptors (Lipinski definition) is 6. The summed E-state index contributed by atoms with van der Waals surface area (Å²) in [6.07, 6.45) is 1.58. The lowest BCUT2D eigenvalue weighted by Gasteiger charge is -2.16. The number of amides is 2. The van der Waals surface area contributed by atoms with Gasteiger partial charge in [0.05, 0.1) is 24.2 Å². The number of anilines is 1. The zero-order valence-corrected chi connectivity index (χ0v) is 16.0. The molecule has 28 heavy (non-hydrogen) atoms. The van der Waals surface area contributed by atoms with Crippen molar-refractivity contribution in [2.24, 2.45) is 0 Å². The largest absolute Gasteiger partial charge is 0.465 e. The average molecular weight is 400 g/mol. The van der Waals surface area contributed by atoms with Crippen molar-refractivity contribution in [2.75, 3.05) is 19.1 Å². The molecular formula is C20H17FN2O4S. The summed E-state index contributed by atoms with van der Waals surface area (Å²) >= 11 is 0.827. The molecule has 0 aliphatic carbocycles. The molecule has 144 valence electrons. The first kappa shape index (κ1) is 19.6. The first-order valence-electron chi connectivity index (χ1n) is 8.33. The zero-order chi connectivity index (χ0) is 20.3. The number of benzene rings is 2. The molecule has 2 amide bonds. The van der Waals surface area contributed by atoms with E-state index in [0.717, 1.165) is 22.2 Å². The third-order valence-electron chi connectivity index (χ3n) is 4.13. The van der Waals surface area contributed by atoms with Crippen LogP contribution in [0.5, 0.6) is 0 Å². The van der Waals surface area contributed by atoms with E-state index in [2.05, 4.69) is 10.1 Å². The fourth-order valence-electron chi connectivity index (χ4n) is 2.57. The number of ether oxygens (including phenoxy) is 1. The monoisotopic (exact) mass is 400 g/mol. The predicted molar refractivity (Wildman–Crippen MR) is 105 cm³/mol. The molecule has 0 unspecified atom stereocenters. The summed E-state index contributed by atoms with van der Waals surface area (Å²) in [7, 11) is 1.30. The molecule has 1 aliphatic heterocycles. The number of rotatable bonds is 5. The summed E-state index contributed by atoms with van der Waals surface area (Å²) in [5.74, 6) is -1.29. The van der Waals surface area contributed by atoms with Crippen molar-refractivity contribution in [2.45, 2.75) is 6.92 Å². The minimum Gasteiger partial charge on any atom is -0.465 e. The number of esters is 1. The average Bonchev–Trinajstić information content (AvgIpc) is 2.95. The highest BCUT2D eigenvalue weighted by atomic mass is 32.2. The van der Waals surface area contributed by atoms with Crippen LogP contribution in [0, 0.1) is 12.7 Å². The molecule has 0 atom stereocenters. The molecule has 6 nitrogen and oxygen atoms in total. The van der Waals surface area contributed by atoms with E-state index in [9.17, 15) is 18.8 Å². The molecule has 0 spiro atoms. The molecule has 0 radical (unpaired) electrons. The fraction of sp³-hybridized carbons (Fsp3) is 0.150. The molecule has 2 aromatic rings. The van der Waals surface area contributed by atoms with E-state index in [1.54, 1.807) is 43.3 Å². The number of carbonyl (C=O) groups is 3. The number of thioether (sulfide) groups is 1. The molecule has 0 bridgehead atoms. The van der Waals surface area contributed by atoms with Gasteiger partial charge >= 0.3 is 5.97 Å². The van der Waals surface area contributed by atoms with Crippen LogP contribution >= 0.6 is 11.8 Å². The quantitative estimate of drug-likeness (QED) is 0.603. The van der Waals surface area contributed by atoms with Crippen molar-refractivity contribution in [3.8, 4) is 0 Å². The fourth-order valence-corrected chi connectivity index (χ4v) is 3.41. The third-order valence-corrected chi connectivity index (χ3v) is 5.04. The summed E-state index contributed by atoms with van der Waals surface area (Å²) < 4.78 is 18.0. The van der Waals surface area contributed by atoms with E-state index in [1.807, 2.05) is 0 Å². The topological polar surface area (TPSA) is 75.7 Å². The van der Waals surface area contributed by atoms with Crippen LogP contribution in [0.3, 0.4) is 0 Å². The lowest BCUT2D eigenvalue weighted by Crippen LogP contribution is -2.33. The van der Waals surface area contributed by atoms with Crippen LogP contribution in [0.15, 0.2) is 47.4 Å².